The maximum Gasteiger partial charge on any atom is 0.392 e. The minimum Gasteiger partial charge on any atom is -0.474 e. The molecule has 0 atom stereocenters. The predicted octanol–water partition coefficient (Wildman–Crippen LogP) is 3.55. The molecule has 0 fully saturated rings. The summed E-state index contributed by atoms with van der Waals surface area (Å²) in [7, 11) is -4.13. The first-order valence-electron chi connectivity index (χ1n) is 9.75. The summed E-state index contributed by atoms with van der Waals surface area (Å²) in [5.41, 5.74) is 1.22. The Labute approximate surface area is 184 Å². The van der Waals surface area contributed by atoms with Crippen LogP contribution in [-0.2, 0) is 27.7 Å². The molecule has 0 unspecified atom stereocenters. The zero-order valence-corrected chi connectivity index (χ0v) is 18.2. The maximum absolute atomic E-state index is 14.9. The van der Waals surface area contributed by atoms with E-state index in [4.69, 9.17) is 9.52 Å². The monoisotopic (exact) mass is 460 g/mol. The van der Waals surface area contributed by atoms with Gasteiger partial charge in [-0.2, -0.15) is 0 Å². The fourth-order valence-electron chi connectivity index (χ4n) is 3.26. The van der Waals surface area contributed by atoms with Gasteiger partial charge >= 0.3 is 11.9 Å². The van der Waals surface area contributed by atoms with Crippen LogP contribution in [0.15, 0.2) is 51.8 Å². The Bertz CT molecular complexity index is 1280. The normalized spacial score (nSPS) is 11.3. The van der Waals surface area contributed by atoms with Gasteiger partial charge in [-0.3, -0.25) is 4.79 Å². The zero-order chi connectivity index (χ0) is 23.5. The Kier molecular flexibility index (Phi) is 6.73. The lowest BCUT2D eigenvalue weighted by Crippen LogP contribution is -2.28. The molecule has 10 heteroatoms. The highest BCUT2D eigenvalue weighted by atomic mass is 32.2. The van der Waals surface area contributed by atoms with E-state index in [9.17, 15) is 22.4 Å². The van der Waals surface area contributed by atoms with Crippen molar-refractivity contribution in [2.45, 2.75) is 38.0 Å². The molecule has 3 aromatic rings. The molecule has 0 radical (unpaired) electrons. The lowest BCUT2D eigenvalue weighted by Gasteiger charge is -2.12. The van der Waals surface area contributed by atoms with Gasteiger partial charge in [-0.15, -0.1) is 0 Å². The fourth-order valence-corrected chi connectivity index (χ4v) is 4.48. The van der Waals surface area contributed by atoms with Crippen molar-refractivity contribution in [2.24, 2.45) is 0 Å². The lowest BCUT2D eigenvalue weighted by molar-refractivity contribution is -0.117. The van der Waals surface area contributed by atoms with Gasteiger partial charge in [-0.1, -0.05) is 43.7 Å². The quantitative estimate of drug-likeness (QED) is 0.526. The molecule has 1 amide bonds. The minimum absolute atomic E-state index is 0.00638. The molecule has 1 aromatic heterocycles. The second-order valence-corrected chi connectivity index (χ2v) is 8.74. The number of rotatable bonds is 8. The molecular formula is C22H21FN2O6S. The number of carbonyl (C=O) groups is 2. The number of aromatic carboxylic acids is 1. The van der Waals surface area contributed by atoms with Crippen LogP contribution in [0, 0.1) is 5.82 Å². The van der Waals surface area contributed by atoms with Crippen molar-refractivity contribution < 1.29 is 31.9 Å². The van der Waals surface area contributed by atoms with E-state index >= 15 is 0 Å². The van der Waals surface area contributed by atoms with Crippen molar-refractivity contribution in [1.82, 2.24) is 9.71 Å². The van der Waals surface area contributed by atoms with E-state index in [1.807, 2.05) is 11.6 Å². The van der Waals surface area contributed by atoms with E-state index in [-0.39, 0.29) is 28.2 Å². The van der Waals surface area contributed by atoms with Crippen LogP contribution < -0.4 is 4.72 Å². The van der Waals surface area contributed by atoms with Crippen LogP contribution in [0.3, 0.4) is 0 Å². The second kappa shape index (κ2) is 9.31. The van der Waals surface area contributed by atoms with Crippen molar-refractivity contribution in [2.75, 3.05) is 0 Å². The van der Waals surface area contributed by atoms with Gasteiger partial charge in [0, 0.05) is 18.9 Å². The SMILES string of the molecule is CCCc1nc(C(=O)O)oc1Cc1ccc(-c2ccccc2S(=O)(=O)NC(C)=O)cc1F. The van der Waals surface area contributed by atoms with E-state index in [1.165, 1.54) is 30.3 Å². The van der Waals surface area contributed by atoms with Crippen molar-refractivity contribution >= 4 is 21.9 Å². The predicted molar refractivity (Wildman–Crippen MR) is 113 cm³/mol. The first-order valence-corrected chi connectivity index (χ1v) is 11.2. The molecule has 0 saturated heterocycles. The number of halogens is 1. The topological polar surface area (TPSA) is 127 Å². The summed E-state index contributed by atoms with van der Waals surface area (Å²) < 4.78 is 47.1. The number of oxazole rings is 1. The van der Waals surface area contributed by atoms with Gasteiger partial charge in [0.25, 0.3) is 10.0 Å². The van der Waals surface area contributed by atoms with E-state index in [0.29, 0.717) is 24.1 Å². The lowest BCUT2D eigenvalue weighted by atomic mass is 10.0. The number of aryl methyl sites for hydroxylation is 1. The summed E-state index contributed by atoms with van der Waals surface area (Å²) >= 11 is 0. The molecule has 8 nitrogen and oxygen atoms in total. The third-order valence-corrected chi connectivity index (χ3v) is 6.11. The summed E-state index contributed by atoms with van der Waals surface area (Å²) in [5.74, 6) is -2.84. The van der Waals surface area contributed by atoms with E-state index in [2.05, 4.69) is 4.98 Å². The van der Waals surface area contributed by atoms with Gasteiger partial charge < -0.3 is 9.52 Å². The Balaban J connectivity index is 1.98. The van der Waals surface area contributed by atoms with Crippen LogP contribution in [0.25, 0.3) is 11.1 Å². The molecular weight excluding hydrogens is 439 g/mol. The van der Waals surface area contributed by atoms with Crippen LogP contribution >= 0.6 is 0 Å². The average Bonchev–Trinajstić information content (AvgIpc) is 3.12. The highest BCUT2D eigenvalue weighted by Crippen LogP contribution is 2.29. The Morgan fingerprint density at radius 2 is 1.91 bits per heavy atom. The number of hydrogen-bond donors (Lipinski definition) is 2. The number of aromatic nitrogens is 1. The van der Waals surface area contributed by atoms with Gasteiger partial charge in [0.1, 0.15) is 11.6 Å². The van der Waals surface area contributed by atoms with Crippen molar-refractivity contribution in [3.05, 3.63) is 71.2 Å². The number of hydrogen-bond acceptors (Lipinski definition) is 6. The average molecular weight is 460 g/mol. The van der Waals surface area contributed by atoms with Crippen molar-refractivity contribution in [3.63, 3.8) is 0 Å². The van der Waals surface area contributed by atoms with Gasteiger partial charge in [0.15, 0.2) is 0 Å². The van der Waals surface area contributed by atoms with E-state index in [1.54, 1.807) is 12.1 Å². The molecule has 0 aliphatic rings. The number of carbonyl (C=O) groups excluding carboxylic acids is 1. The van der Waals surface area contributed by atoms with Crippen LogP contribution in [0.1, 0.15) is 48.0 Å². The third-order valence-electron chi connectivity index (χ3n) is 4.62. The Morgan fingerprint density at radius 3 is 2.53 bits per heavy atom. The number of amides is 1. The molecule has 0 saturated carbocycles. The van der Waals surface area contributed by atoms with Gasteiger partial charge in [0.2, 0.25) is 5.91 Å². The van der Waals surface area contributed by atoms with Crippen LogP contribution in [-0.4, -0.2) is 30.4 Å². The zero-order valence-electron chi connectivity index (χ0n) is 17.4. The van der Waals surface area contributed by atoms with Crippen LogP contribution in [0.4, 0.5) is 4.39 Å². The summed E-state index contributed by atoms with van der Waals surface area (Å²) in [6.07, 6.45) is 1.19. The van der Waals surface area contributed by atoms with Crippen molar-refractivity contribution in [1.29, 1.82) is 0 Å². The highest BCUT2D eigenvalue weighted by molar-refractivity contribution is 7.90. The maximum atomic E-state index is 14.9. The highest BCUT2D eigenvalue weighted by Gasteiger charge is 2.22. The summed E-state index contributed by atoms with van der Waals surface area (Å²) in [6.45, 7) is 2.99. The number of sulfonamides is 1. The fraction of sp³-hybridized carbons (Fsp3) is 0.227. The number of carboxylic acid groups (broad SMARTS) is 1. The number of carboxylic acids is 1. The molecule has 2 aromatic carbocycles. The number of nitrogens with zero attached hydrogens (tertiary/aromatic N) is 1. The van der Waals surface area contributed by atoms with Crippen LogP contribution in [0.2, 0.25) is 0 Å². The molecule has 0 spiro atoms. The molecule has 2 N–H and O–H groups in total. The molecule has 1 heterocycles. The molecule has 0 aliphatic heterocycles. The molecule has 0 aliphatic carbocycles. The largest absolute Gasteiger partial charge is 0.474 e. The Hall–Kier alpha value is -3.53. The van der Waals surface area contributed by atoms with Gasteiger partial charge in [-0.05, 0) is 29.7 Å². The first-order chi connectivity index (χ1) is 15.1. The van der Waals surface area contributed by atoms with Crippen molar-refractivity contribution in [3.8, 4) is 11.1 Å². The number of nitrogens with one attached hydrogen (secondary N) is 1. The molecule has 168 valence electrons. The summed E-state index contributed by atoms with van der Waals surface area (Å²) in [5, 5.41) is 9.11. The second-order valence-electron chi connectivity index (χ2n) is 7.08. The van der Waals surface area contributed by atoms with Gasteiger partial charge in [-0.25, -0.2) is 27.3 Å². The Morgan fingerprint density at radius 1 is 1.19 bits per heavy atom. The summed E-state index contributed by atoms with van der Waals surface area (Å²) in [4.78, 5) is 26.2. The molecule has 0 bridgehead atoms. The smallest absolute Gasteiger partial charge is 0.392 e. The molecule has 32 heavy (non-hydrogen) atoms. The number of benzene rings is 2. The van der Waals surface area contributed by atoms with Crippen LogP contribution in [0.5, 0.6) is 0 Å². The first kappa shape index (κ1) is 23.1. The minimum atomic E-state index is -4.13. The van der Waals surface area contributed by atoms with E-state index < -0.39 is 33.6 Å². The van der Waals surface area contributed by atoms with Gasteiger partial charge in [0.05, 0.1) is 10.6 Å². The van der Waals surface area contributed by atoms with E-state index in [0.717, 1.165) is 6.92 Å². The summed E-state index contributed by atoms with van der Waals surface area (Å²) in [6, 6.07) is 10.2. The third kappa shape index (κ3) is 5.02. The molecule has 3 rings (SSSR count). The standard InChI is InChI=1S/C22H21FN2O6S/c1-3-6-18-19(31-21(24-18)22(27)28)12-15-10-9-14(11-17(15)23)16-7-4-5-8-20(16)32(29,30)25-13(2)26/h4-5,7-11H,3,6,12H2,1-2H3,(H,25,26)(H,27,28).